The molecule has 28 heavy (non-hydrogen) atoms. The first-order valence-electron chi connectivity index (χ1n) is 10.6. The van der Waals surface area contributed by atoms with Crippen molar-refractivity contribution in [2.24, 2.45) is 5.92 Å². The summed E-state index contributed by atoms with van der Waals surface area (Å²) in [6.07, 6.45) is 5.62. The van der Waals surface area contributed by atoms with Crippen LogP contribution in [0.25, 0.3) is 0 Å². The second kappa shape index (κ2) is 14.3. The summed E-state index contributed by atoms with van der Waals surface area (Å²) < 4.78 is 10.9. The molecule has 0 fully saturated rings. The van der Waals surface area contributed by atoms with E-state index >= 15 is 0 Å². The number of ether oxygens (including phenoxy) is 2. The fraction of sp³-hybridized carbons (Fsp3) is 0.857. The summed E-state index contributed by atoms with van der Waals surface area (Å²) in [6.45, 7) is 12.9. The van der Waals surface area contributed by atoms with Crippen molar-refractivity contribution in [1.29, 1.82) is 0 Å². The molecule has 0 radical (unpaired) electrons. The third-order valence-electron chi connectivity index (χ3n) is 4.88. The molecular formula is C21H40NO4S2+. The van der Waals surface area contributed by atoms with Gasteiger partial charge in [0.2, 0.25) is 4.99 Å². The Morgan fingerprint density at radius 2 is 1.36 bits per heavy atom. The van der Waals surface area contributed by atoms with E-state index < -0.39 is 17.9 Å². The van der Waals surface area contributed by atoms with Gasteiger partial charge in [-0.2, -0.15) is 0 Å². The van der Waals surface area contributed by atoms with Gasteiger partial charge in [0.15, 0.2) is 5.92 Å². The van der Waals surface area contributed by atoms with Crippen molar-refractivity contribution in [2.45, 2.75) is 98.6 Å². The van der Waals surface area contributed by atoms with Gasteiger partial charge < -0.3 is 9.47 Å². The van der Waals surface area contributed by atoms with E-state index in [0.717, 1.165) is 38.5 Å². The van der Waals surface area contributed by atoms with Crippen LogP contribution in [-0.4, -0.2) is 46.1 Å². The van der Waals surface area contributed by atoms with Gasteiger partial charge in [-0.15, -0.1) is 0 Å². The molecule has 1 unspecified atom stereocenters. The summed E-state index contributed by atoms with van der Waals surface area (Å²) in [5.74, 6) is -1.71. The van der Waals surface area contributed by atoms with Crippen molar-refractivity contribution >= 4 is 42.0 Å². The first kappa shape index (κ1) is 27.3. The highest BCUT2D eigenvalue weighted by atomic mass is 32.1. The normalized spacial score (nSPS) is 12.9. The molecule has 0 N–H and O–H groups in total. The number of thiocarbonyl (C=S) groups is 1. The van der Waals surface area contributed by atoms with Crippen molar-refractivity contribution in [1.82, 2.24) is 0 Å². The van der Waals surface area contributed by atoms with Gasteiger partial charge in [0.25, 0.3) is 0 Å². The summed E-state index contributed by atoms with van der Waals surface area (Å²) in [4.78, 5) is 25.6. The Morgan fingerprint density at radius 1 is 0.893 bits per heavy atom. The smallest absolute Gasteiger partial charge is 0.320 e. The standard InChI is InChI=1S/C21H40NO4S2/c1-7-9-11-13-25-19(23)15-18(21(24)26-14-12-10-8-2)20(27)22(28,16(3)4)17(5)6/h16-18,28H,7-15H2,1-6H3/q+1. The van der Waals surface area contributed by atoms with Crippen LogP contribution in [0.15, 0.2) is 0 Å². The molecule has 0 aromatic carbocycles. The van der Waals surface area contributed by atoms with Gasteiger partial charge in [-0.05, 0) is 52.8 Å². The summed E-state index contributed by atoms with van der Waals surface area (Å²) >= 11 is 10.5. The highest BCUT2D eigenvalue weighted by molar-refractivity contribution is 7.82. The minimum absolute atomic E-state index is 0.0480. The number of hydrogen-bond donors (Lipinski definition) is 1. The van der Waals surface area contributed by atoms with Crippen molar-refractivity contribution in [3.63, 3.8) is 0 Å². The van der Waals surface area contributed by atoms with Crippen LogP contribution < -0.4 is 0 Å². The lowest BCUT2D eigenvalue weighted by atomic mass is 10.0. The monoisotopic (exact) mass is 434 g/mol. The molecule has 7 heteroatoms. The molecule has 164 valence electrons. The summed E-state index contributed by atoms with van der Waals surface area (Å²) in [5, 5.41) is 0. The zero-order chi connectivity index (χ0) is 21.7. The Morgan fingerprint density at radius 3 is 1.79 bits per heavy atom. The lowest BCUT2D eigenvalue weighted by Crippen LogP contribution is -2.57. The third kappa shape index (κ3) is 8.78. The zero-order valence-corrected chi connectivity index (χ0v) is 20.2. The largest absolute Gasteiger partial charge is 0.466 e. The van der Waals surface area contributed by atoms with Crippen LogP contribution in [0.5, 0.6) is 0 Å². The van der Waals surface area contributed by atoms with Gasteiger partial charge in [-0.3, -0.25) is 9.59 Å². The molecular weight excluding hydrogens is 394 g/mol. The fourth-order valence-corrected chi connectivity index (χ4v) is 3.76. The number of carbonyl (C=O) groups excluding carboxylic acids is 2. The van der Waals surface area contributed by atoms with Crippen LogP contribution in [0.4, 0.5) is 0 Å². The molecule has 0 aliphatic rings. The molecule has 0 amide bonds. The number of unbranched alkanes of at least 4 members (excludes halogenated alkanes) is 4. The average Bonchev–Trinajstić information content (AvgIpc) is 2.64. The maximum absolute atomic E-state index is 12.8. The average molecular weight is 435 g/mol. The zero-order valence-electron chi connectivity index (χ0n) is 18.5. The first-order valence-corrected chi connectivity index (χ1v) is 11.4. The van der Waals surface area contributed by atoms with E-state index in [1.807, 2.05) is 27.7 Å². The van der Waals surface area contributed by atoms with E-state index in [2.05, 4.69) is 13.8 Å². The van der Waals surface area contributed by atoms with Crippen LogP contribution in [0.1, 0.15) is 86.5 Å². The van der Waals surface area contributed by atoms with Crippen LogP contribution in [0, 0.1) is 5.92 Å². The molecule has 5 nitrogen and oxygen atoms in total. The summed E-state index contributed by atoms with van der Waals surface area (Å²) in [6, 6.07) is 0.0959. The number of rotatable bonds is 14. The molecule has 0 aromatic rings. The van der Waals surface area contributed by atoms with Gasteiger partial charge in [0.1, 0.15) is 0 Å². The Bertz CT molecular complexity index is 487. The van der Waals surface area contributed by atoms with Gasteiger partial charge in [0, 0.05) is 0 Å². The Kier molecular flexibility index (Phi) is 14.0. The molecule has 0 aliphatic carbocycles. The minimum Gasteiger partial charge on any atom is -0.466 e. The van der Waals surface area contributed by atoms with E-state index in [0.29, 0.717) is 18.2 Å². The molecule has 0 saturated carbocycles. The van der Waals surface area contributed by atoms with Gasteiger partial charge in [-0.1, -0.05) is 39.5 Å². The van der Waals surface area contributed by atoms with Gasteiger partial charge >= 0.3 is 11.9 Å². The van der Waals surface area contributed by atoms with Crippen molar-refractivity contribution in [2.75, 3.05) is 13.2 Å². The van der Waals surface area contributed by atoms with E-state index in [1.54, 1.807) is 0 Å². The Balaban J connectivity index is 5.28. The molecule has 0 bridgehead atoms. The van der Waals surface area contributed by atoms with E-state index in [-0.39, 0.29) is 22.4 Å². The number of carbonyl (C=O) groups is 2. The second-order valence-corrected chi connectivity index (χ2v) is 8.90. The van der Waals surface area contributed by atoms with Crippen LogP contribution in [0.3, 0.4) is 0 Å². The quantitative estimate of drug-likeness (QED) is 0.133. The number of esters is 2. The Labute approximate surface area is 182 Å². The van der Waals surface area contributed by atoms with E-state index in [1.165, 1.54) is 0 Å². The molecule has 0 rings (SSSR count). The number of nitrogens with zero attached hydrogens (tertiary/aromatic N) is 1. The topological polar surface area (TPSA) is 52.6 Å². The summed E-state index contributed by atoms with van der Waals surface area (Å²) in [7, 11) is 0. The van der Waals surface area contributed by atoms with Crippen molar-refractivity contribution in [3.05, 3.63) is 0 Å². The maximum Gasteiger partial charge on any atom is 0.320 e. The third-order valence-corrected chi connectivity index (χ3v) is 6.75. The molecule has 0 aromatic heterocycles. The van der Waals surface area contributed by atoms with Crippen LogP contribution in [0.2, 0.25) is 0 Å². The lowest BCUT2D eigenvalue weighted by Gasteiger charge is -2.40. The van der Waals surface area contributed by atoms with Gasteiger partial charge in [0.05, 0.1) is 44.5 Å². The highest BCUT2D eigenvalue weighted by Gasteiger charge is 2.45. The molecule has 1 atom stereocenters. The second-order valence-electron chi connectivity index (χ2n) is 7.82. The minimum atomic E-state index is -0.836. The van der Waals surface area contributed by atoms with Gasteiger partial charge in [-0.25, -0.2) is 3.89 Å². The molecule has 0 saturated heterocycles. The Hall–Kier alpha value is -0.660. The SMILES string of the molecule is CCCCCOC(=O)CC(C(=O)OCCCCC)C(=S)[N+](S)(C(C)C)C(C)C. The van der Waals surface area contributed by atoms with E-state index in [4.69, 9.17) is 34.5 Å². The van der Waals surface area contributed by atoms with Crippen LogP contribution >= 0.6 is 25.0 Å². The number of hydrogen-bond acceptors (Lipinski definition) is 6. The maximum atomic E-state index is 12.8. The first-order chi connectivity index (χ1) is 13.1. The number of quaternary nitrogens is 1. The molecule has 0 heterocycles. The van der Waals surface area contributed by atoms with Crippen LogP contribution in [-0.2, 0) is 19.1 Å². The predicted molar refractivity (Wildman–Crippen MR) is 121 cm³/mol. The molecule has 0 spiro atoms. The highest BCUT2D eigenvalue weighted by Crippen LogP contribution is 2.30. The van der Waals surface area contributed by atoms with Crippen molar-refractivity contribution < 1.29 is 23.0 Å². The lowest BCUT2D eigenvalue weighted by molar-refractivity contribution is -0.746. The van der Waals surface area contributed by atoms with Crippen molar-refractivity contribution in [3.8, 4) is 0 Å². The fourth-order valence-electron chi connectivity index (χ4n) is 3.02. The molecule has 0 aliphatic heterocycles. The predicted octanol–water partition coefficient (Wildman–Crippen LogP) is 5.27. The van der Waals surface area contributed by atoms with E-state index in [9.17, 15) is 9.59 Å². The number of thiol groups is 1. The summed E-state index contributed by atoms with van der Waals surface area (Å²) in [5.41, 5.74) is 0.